The van der Waals surface area contributed by atoms with E-state index in [0.717, 1.165) is 58.3 Å². The minimum absolute atomic E-state index is 0.0651. The second kappa shape index (κ2) is 14.5. The molecule has 3 atom stereocenters. The van der Waals surface area contributed by atoms with Crippen LogP contribution in [0.3, 0.4) is 0 Å². The Labute approximate surface area is 305 Å². The molecule has 4 aliphatic heterocycles. The molecule has 0 saturated carbocycles. The van der Waals surface area contributed by atoms with Crippen LogP contribution in [-0.2, 0) is 16.6 Å². The number of halogens is 2. The van der Waals surface area contributed by atoms with Gasteiger partial charge in [-0.3, -0.25) is 24.5 Å². The first-order valence-electron chi connectivity index (χ1n) is 17.9. The smallest absolute Gasteiger partial charge is 0.282 e. The number of nitrogens with one attached hydrogen (secondary N) is 2. The SMILES string of the molecule is CN1CC(Nc2cnn(C)c(=O)c2Br)CC(c2ccc(C(=O)N3CCC4(CC3)CCN(c3ccc(C5CCC(=O)NC5=O)cc3F)CC4)cc2)C1. The van der Waals surface area contributed by atoms with Gasteiger partial charge in [0.15, 0.2) is 0 Å². The fourth-order valence-electron chi connectivity index (χ4n) is 8.49. The van der Waals surface area contributed by atoms with Crippen molar-refractivity contribution in [3.63, 3.8) is 0 Å². The topological polar surface area (TPSA) is 120 Å². The summed E-state index contributed by atoms with van der Waals surface area (Å²) in [7, 11) is 3.73. The molecule has 11 nitrogen and oxygen atoms in total. The maximum atomic E-state index is 15.3. The lowest BCUT2D eigenvalue weighted by atomic mass is 9.71. The molecule has 3 aromatic rings. The van der Waals surface area contributed by atoms with Crippen molar-refractivity contribution in [2.75, 3.05) is 56.5 Å². The number of likely N-dealkylation sites (tertiary alicyclic amines) is 2. The zero-order valence-corrected chi connectivity index (χ0v) is 30.8. The van der Waals surface area contributed by atoms with Gasteiger partial charge < -0.3 is 20.0 Å². The molecular weight excluding hydrogens is 717 g/mol. The molecule has 0 radical (unpaired) electrons. The zero-order chi connectivity index (χ0) is 35.9. The summed E-state index contributed by atoms with van der Waals surface area (Å²) in [6, 6.07) is 13.3. The molecule has 13 heteroatoms. The average molecular weight is 763 g/mol. The first-order chi connectivity index (χ1) is 24.5. The molecule has 3 unspecified atom stereocenters. The highest BCUT2D eigenvalue weighted by atomic mass is 79.9. The molecule has 270 valence electrons. The zero-order valence-electron chi connectivity index (χ0n) is 29.2. The van der Waals surface area contributed by atoms with Gasteiger partial charge in [-0.2, -0.15) is 5.10 Å². The second-order valence-electron chi connectivity index (χ2n) is 14.9. The number of carbonyl (C=O) groups excluding carboxylic acids is 3. The number of aromatic nitrogens is 2. The van der Waals surface area contributed by atoms with Crippen LogP contribution in [0.1, 0.15) is 78.3 Å². The Morgan fingerprint density at radius 3 is 2.33 bits per heavy atom. The van der Waals surface area contributed by atoms with Gasteiger partial charge >= 0.3 is 0 Å². The maximum absolute atomic E-state index is 15.3. The molecule has 4 fully saturated rings. The molecule has 5 heterocycles. The highest BCUT2D eigenvalue weighted by molar-refractivity contribution is 9.10. The average Bonchev–Trinajstić information content (AvgIpc) is 3.12. The summed E-state index contributed by atoms with van der Waals surface area (Å²) < 4.78 is 17.1. The van der Waals surface area contributed by atoms with Gasteiger partial charge in [0.25, 0.3) is 11.5 Å². The number of aryl methyl sites for hydroxylation is 1. The third kappa shape index (κ3) is 7.46. The van der Waals surface area contributed by atoms with E-state index >= 15 is 4.39 Å². The summed E-state index contributed by atoms with van der Waals surface area (Å²) in [6.45, 7) is 4.67. The fraction of sp³-hybridized carbons (Fsp3) is 0.500. The van der Waals surface area contributed by atoms with Gasteiger partial charge in [0, 0.05) is 64.3 Å². The number of nitrogens with zero attached hydrogens (tertiary/aromatic N) is 5. The molecule has 4 saturated heterocycles. The minimum Gasteiger partial charge on any atom is -0.379 e. The Bertz CT molecular complexity index is 1870. The van der Waals surface area contributed by atoms with Gasteiger partial charge in [0.05, 0.1) is 23.5 Å². The molecule has 2 aromatic carbocycles. The number of piperidine rings is 4. The van der Waals surface area contributed by atoms with Crippen molar-refractivity contribution in [3.05, 3.63) is 86.0 Å². The van der Waals surface area contributed by atoms with Gasteiger partial charge in [0.2, 0.25) is 11.8 Å². The number of likely N-dealkylation sites (N-methyl/N-ethyl adjacent to an activating group) is 1. The number of benzene rings is 2. The van der Waals surface area contributed by atoms with Gasteiger partial charge in [-0.15, -0.1) is 0 Å². The Morgan fingerprint density at radius 1 is 0.961 bits per heavy atom. The van der Waals surface area contributed by atoms with E-state index in [1.807, 2.05) is 23.1 Å². The first kappa shape index (κ1) is 35.3. The minimum atomic E-state index is -0.503. The van der Waals surface area contributed by atoms with E-state index in [0.29, 0.717) is 46.5 Å². The highest BCUT2D eigenvalue weighted by Crippen LogP contribution is 2.43. The number of hydrogen-bond acceptors (Lipinski definition) is 8. The van der Waals surface area contributed by atoms with E-state index in [1.54, 1.807) is 19.3 Å². The lowest BCUT2D eigenvalue weighted by molar-refractivity contribution is -0.134. The van der Waals surface area contributed by atoms with Crippen molar-refractivity contribution in [1.82, 2.24) is 24.9 Å². The van der Waals surface area contributed by atoms with Crippen molar-refractivity contribution < 1.29 is 18.8 Å². The molecule has 7 rings (SSSR count). The van der Waals surface area contributed by atoms with Crippen LogP contribution < -0.4 is 21.1 Å². The highest BCUT2D eigenvalue weighted by Gasteiger charge is 2.39. The molecule has 0 bridgehead atoms. The Morgan fingerprint density at radius 2 is 1.65 bits per heavy atom. The fourth-order valence-corrected chi connectivity index (χ4v) is 8.96. The number of anilines is 2. The lowest BCUT2D eigenvalue weighted by Gasteiger charge is -2.47. The normalized spacial score (nSPS) is 24.0. The summed E-state index contributed by atoms with van der Waals surface area (Å²) in [6.07, 6.45) is 6.99. The predicted octanol–water partition coefficient (Wildman–Crippen LogP) is 4.62. The standard InChI is InChI=1S/C38H45BrFN7O4/c1-44-22-27(19-28(23-44)42-31-21-41-45(2)37(51)34(31)39)24-3-5-25(6-4-24)36(50)47-17-13-38(14-18-47)11-15-46(16-12-38)32-9-7-26(20-30(32)40)29-8-10-33(48)43-35(29)49/h3-7,9,20-21,27-29,42H,8,10-19,22-23H2,1-2H3,(H,43,48,49). The summed E-state index contributed by atoms with van der Waals surface area (Å²) in [4.78, 5) is 56.1. The second-order valence-corrected chi connectivity index (χ2v) is 15.7. The molecular formula is C38H45BrFN7O4. The van der Waals surface area contributed by atoms with Crippen LogP contribution in [0.25, 0.3) is 0 Å². The van der Waals surface area contributed by atoms with Crippen LogP contribution in [0.15, 0.2) is 57.9 Å². The third-order valence-corrected chi connectivity index (χ3v) is 12.4. The first-order valence-corrected chi connectivity index (χ1v) is 18.7. The van der Waals surface area contributed by atoms with E-state index < -0.39 is 5.92 Å². The summed E-state index contributed by atoms with van der Waals surface area (Å²) in [5, 5.41) is 10.0. The third-order valence-electron chi connectivity index (χ3n) is 11.6. The van der Waals surface area contributed by atoms with Crippen LogP contribution in [0, 0.1) is 11.2 Å². The van der Waals surface area contributed by atoms with Crippen molar-refractivity contribution in [3.8, 4) is 0 Å². The molecule has 4 aliphatic rings. The predicted molar refractivity (Wildman–Crippen MR) is 196 cm³/mol. The molecule has 1 spiro atoms. The molecule has 2 N–H and O–H groups in total. The van der Waals surface area contributed by atoms with Crippen molar-refractivity contribution in [1.29, 1.82) is 0 Å². The van der Waals surface area contributed by atoms with Crippen molar-refractivity contribution in [2.45, 2.75) is 62.8 Å². The van der Waals surface area contributed by atoms with Crippen LogP contribution in [0.4, 0.5) is 15.8 Å². The molecule has 3 amide bonds. The monoisotopic (exact) mass is 761 g/mol. The number of amides is 3. The van der Waals surface area contributed by atoms with Crippen LogP contribution in [0.2, 0.25) is 0 Å². The quantitative estimate of drug-likeness (QED) is 0.350. The van der Waals surface area contributed by atoms with Gasteiger partial charge in [-0.25, -0.2) is 9.07 Å². The molecule has 0 aliphatic carbocycles. The number of carbonyl (C=O) groups is 3. The Hall–Kier alpha value is -4.10. The van der Waals surface area contributed by atoms with E-state index in [9.17, 15) is 19.2 Å². The van der Waals surface area contributed by atoms with Crippen LogP contribution in [-0.4, -0.2) is 89.7 Å². The summed E-state index contributed by atoms with van der Waals surface area (Å²) in [5.74, 6) is -1.13. The van der Waals surface area contributed by atoms with Crippen molar-refractivity contribution in [2.24, 2.45) is 12.5 Å². The van der Waals surface area contributed by atoms with Gasteiger partial charge in [0.1, 0.15) is 10.3 Å². The van der Waals surface area contributed by atoms with E-state index in [1.165, 1.54) is 16.3 Å². The largest absolute Gasteiger partial charge is 0.379 e. The number of hydrogen-bond donors (Lipinski definition) is 2. The van der Waals surface area contributed by atoms with Crippen molar-refractivity contribution >= 4 is 45.0 Å². The maximum Gasteiger partial charge on any atom is 0.282 e. The van der Waals surface area contributed by atoms with E-state index in [2.05, 4.69) is 60.6 Å². The van der Waals surface area contributed by atoms with Crippen LogP contribution >= 0.6 is 15.9 Å². The Balaban J connectivity index is 0.912. The number of rotatable bonds is 6. The molecule has 51 heavy (non-hydrogen) atoms. The Kier molecular flexibility index (Phi) is 10.0. The van der Waals surface area contributed by atoms with Gasteiger partial charge in [-0.1, -0.05) is 18.2 Å². The number of imide groups is 1. The van der Waals surface area contributed by atoms with Crippen LogP contribution in [0.5, 0.6) is 0 Å². The van der Waals surface area contributed by atoms with Gasteiger partial charge in [-0.05, 0) is 108 Å². The summed E-state index contributed by atoms with van der Waals surface area (Å²) >= 11 is 3.42. The summed E-state index contributed by atoms with van der Waals surface area (Å²) in [5.41, 5.74) is 3.72. The van der Waals surface area contributed by atoms with E-state index in [-0.39, 0.29) is 52.9 Å². The molecule has 1 aromatic heterocycles. The lowest BCUT2D eigenvalue weighted by Crippen LogP contribution is -2.48. The van der Waals surface area contributed by atoms with E-state index in [4.69, 9.17) is 0 Å².